The SMILES string of the molecule is C#C/C1=C(Cl)\C(C)=C(/CC)c2c(-c3ccc(F)cc3)sc3ncnc(c23)O[C@@H](C(=O)O)Cc2cc(ccc2OCc2ccnc(-c3ccc(OC[C@H]4COCCO4)nc3)n2)OC[C@@H](CN2CCN(C)CC2)O1. The van der Waals surface area contributed by atoms with Crippen LogP contribution >= 0.6 is 22.9 Å². The highest BCUT2D eigenvalue weighted by atomic mass is 35.5. The van der Waals surface area contributed by atoms with Crippen molar-refractivity contribution in [3.8, 4) is 57.4 Å². The first kappa shape index (κ1) is 50.2. The zero-order chi connectivity index (χ0) is 50.1. The van der Waals surface area contributed by atoms with Crippen LogP contribution in [0.25, 0.3) is 37.6 Å². The normalized spacial score (nSPS) is 21.4. The van der Waals surface area contributed by atoms with Crippen LogP contribution in [0.3, 0.4) is 0 Å². The molecule has 0 saturated carbocycles. The van der Waals surface area contributed by atoms with Gasteiger partial charge in [0.15, 0.2) is 11.6 Å². The summed E-state index contributed by atoms with van der Waals surface area (Å²) in [6.45, 7) is 9.65. The number of allylic oxidation sites excluding steroid dienone is 4. The Morgan fingerprint density at radius 2 is 1.79 bits per heavy atom. The van der Waals surface area contributed by atoms with Gasteiger partial charge in [0.2, 0.25) is 17.9 Å². The Labute approximate surface area is 425 Å². The minimum atomic E-state index is -1.48. The maximum atomic E-state index is 14.4. The number of thiophene rings is 1. The summed E-state index contributed by atoms with van der Waals surface area (Å²) in [5, 5.41) is 11.6. The van der Waals surface area contributed by atoms with Crippen molar-refractivity contribution in [2.24, 2.45) is 0 Å². The minimum Gasteiger partial charge on any atom is -0.490 e. The lowest BCUT2D eigenvalue weighted by molar-refractivity contribution is -0.145. The molecule has 3 aliphatic heterocycles. The van der Waals surface area contributed by atoms with E-state index in [1.54, 1.807) is 54.9 Å². The summed E-state index contributed by atoms with van der Waals surface area (Å²) < 4.78 is 57.4. The van der Waals surface area contributed by atoms with Gasteiger partial charge in [-0.1, -0.05) is 30.7 Å². The van der Waals surface area contributed by atoms with Crippen molar-refractivity contribution in [1.29, 1.82) is 0 Å². The van der Waals surface area contributed by atoms with E-state index in [2.05, 4.69) is 42.7 Å². The van der Waals surface area contributed by atoms with Gasteiger partial charge >= 0.3 is 5.97 Å². The number of halogens is 2. The molecule has 0 spiro atoms. The van der Waals surface area contributed by atoms with Gasteiger partial charge in [0, 0.05) is 79.2 Å². The Morgan fingerprint density at radius 1 is 0.972 bits per heavy atom. The summed E-state index contributed by atoms with van der Waals surface area (Å²) in [5.74, 6) is 2.87. The predicted octanol–water partition coefficient (Wildman–Crippen LogP) is 8.09. The van der Waals surface area contributed by atoms with E-state index in [1.807, 2.05) is 19.9 Å². The van der Waals surface area contributed by atoms with Crippen LogP contribution in [0.1, 0.15) is 37.1 Å². The van der Waals surface area contributed by atoms with Crippen molar-refractivity contribution >= 4 is 44.7 Å². The Balaban J connectivity index is 1.07. The first-order valence-corrected chi connectivity index (χ1v) is 24.8. The molecule has 7 heterocycles. The van der Waals surface area contributed by atoms with E-state index < -0.39 is 24.0 Å². The molecule has 374 valence electrons. The van der Waals surface area contributed by atoms with E-state index in [0.717, 1.165) is 36.6 Å². The molecule has 0 unspecified atom stereocenters. The number of pyridine rings is 1. The third kappa shape index (κ3) is 12.0. The van der Waals surface area contributed by atoms with Gasteiger partial charge in [0.1, 0.15) is 60.5 Å². The lowest BCUT2D eigenvalue weighted by Crippen LogP contribution is -2.48. The van der Waals surface area contributed by atoms with Crippen LogP contribution in [0.5, 0.6) is 23.3 Å². The molecule has 1 N–H and O–H groups in total. The summed E-state index contributed by atoms with van der Waals surface area (Å²) in [6.07, 6.45) is 8.86. The lowest BCUT2D eigenvalue weighted by atomic mass is 9.93. The number of carbonyl (C=O) groups is 1. The number of hydrogen-bond donors (Lipinski definition) is 1. The summed E-state index contributed by atoms with van der Waals surface area (Å²) in [7, 11) is 2.09. The highest BCUT2D eigenvalue weighted by Crippen LogP contribution is 2.47. The summed E-state index contributed by atoms with van der Waals surface area (Å²) in [5.41, 5.74) is 4.40. The largest absolute Gasteiger partial charge is 0.490 e. The highest BCUT2D eigenvalue weighted by molar-refractivity contribution is 7.22. The van der Waals surface area contributed by atoms with E-state index in [0.29, 0.717) is 106 Å². The zero-order valence-corrected chi connectivity index (χ0v) is 41.6. The molecule has 19 heteroatoms. The Hall–Kier alpha value is -6.72. The van der Waals surface area contributed by atoms with Gasteiger partial charge < -0.3 is 43.2 Å². The number of likely N-dealkylation sites (N-methyl/N-ethyl adjacent to an activating group) is 1. The second kappa shape index (κ2) is 23.2. The van der Waals surface area contributed by atoms with Crippen molar-refractivity contribution < 1.29 is 47.4 Å². The molecule has 0 radical (unpaired) electrons. The van der Waals surface area contributed by atoms with Crippen molar-refractivity contribution in [2.75, 3.05) is 72.8 Å². The quantitative estimate of drug-likeness (QED) is 0.117. The molecule has 0 amide bonds. The van der Waals surface area contributed by atoms with Crippen LogP contribution in [0.4, 0.5) is 4.39 Å². The van der Waals surface area contributed by atoms with Crippen LogP contribution in [0, 0.1) is 18.2 Å². The third-order valence-electron chi connectivity index (χ3n) is 12.5. The van der Waals surface area contributed by atoms with Crippen molar-refractivity contribution in [3.63, 3.8) is 0 Å². The van der Waals surface area contributed by atoms with Gasteiger partial charge in [-0.3, -0.25) is 4.90 Å². The number of hydrogen-bond acceptors (Lipinski definition) is 16. The Bertz CT molecular complexity index is 2990. The fraction of sp³-hybridized carbons (Fsp3) is 0.358. The molecule has 0 aliphatic carbocycles. The predicted molar refractivity (Wildman–Crippen MR) is 270 cm³/mol. The number of piperazine rings is 1. The first-order valence-electron chi connectivity index (χ1n) is 23.6. The van der Waals surface area contributed by atoms with Crippen LogP contribution in [-0.2, 0) is 32.0 Å². The van der Waals surface area contributed by atoms with Crippen molar-refractivity contribution in [3.05, 3.63) is 118 Å². The number of ether oxygens (including phenoxy) is 7. The summed E-state index contributed by atoms with van der Waals surface area (Å²) in [6, 6.07) is 16.6. The molecule has 4 aromatic heterocycles. The van der Waals surface area contributed by atoms with Gasteiger partial charge in [0.25, 0.3) is 0 Å². The fourth-order valence-corrected chi connectivity index (χ4v) is 9.98. The fourth-order valence-electron chi connectivity index (χ4n) is 8.60. The first-order chi connectivity index (χ1) is 35.0. The average molecular weight is 1020 g/mol. The van der Waals surface area contributed by atoms with Crippen molar-refractivity contribution in [2.45, 2.75) is 51.6 Å². The number of fused-ring (bicyclic) bond motifs is 2. The number of rotatable bonds is 12. The minimum absolute atomic E-state index is 0.00470. The molecular weight excluding hydrogens is 965 g/mol. The molecule has 2 saturated heterocycles. The average Bonchev–Trinajstić information content (AvgIpc) is 3.79. The van der Waals surface area contributed by atoms with Crippen LogP contribution in [0.15, 0.2) is 95.7 Å². The number of terminal acetylenes is 1. The second-order valence-electron chi connectivity index (χ2n) is 17.4. The highest BCUT2D eigenvalue weighted by Gasteiger charge is 2.30. The summed E-state index contributed by atoms with van der Waals surface area (Å²) >= 11 is 8.64. The van der Waals surface area contributed by atoms with E-state index in [9.17, 15) is 14.3 Å². The lowest BCUT2D eigenvalue weighted by Gasteiger charge is -2.34. The molecule has 72 heavy (non-hydrogen) atoms. The molecule has 16 nitrogen and oxygen atoms in total. The van der Waals surface area contributed by atoms with Crippen LogP contribution in [-0.4, -0.2) is 137 Å². The monoisotopic (exact) mass is 1020 g/mol. The maximum Gasteiger partial charge on any atom is 0.345 e. The van der Waals surface area contributed by atoms with Gasteiger partial charge in [-0.2, -0.15) is 0 Å². The number of benzene rings is 2. The molecule has 6 aromatic rings. The van der Waals surface area contributed by atoms with Crippen LogP contribution in [0.2, 0.25) is 0 Å². The molecule has 2 aromatic carbocycles. The molecule has 2 bridgehead atoms. The molecular formula is C53H53ClFN7O9S. The van der Waals surface area contributed by atoms with Crippen LogP contribution < -0.4 is 18.9 Å². The Morgan fingerprint density at radius 3 is 2.53 bits per heavy atom. The summed E-state index contributed by atoms with van der Waals surface area (Å²) in [4.78, 5) is 42.0. The zero-order valence-electron chi connectivity index (χ0n) is 40.0. The molecule has 3 aliphatic rings. The number of carboxylic acid groups (broad SMARTS) is 1. The van der Waals surface area contributed by atoms with Gasteiger partial charge in [0.05, 0.1) is 35.9 Å². The number of aliphatic carboxylic acids is 1. The van der Waals surface area contributed by atoms with Crippen molar-refractivity contribution in [1.82, 2.24) is 34.7 Å². The molecule has 3 atom stereocenters. The number of nitrogens with zero attached hydrogens (tertiary/aromatic N) is 7. The third-order valence-corrected chi connectivity index (χ3v) is 14.1. The Kier molecular flexibility index (Phi) is 16.2. The standard InChI is InChI=1S/C53H53ClFN7O9S/c1-5-41-32(3)48(54)42(6-2)70-39(26-62-19-17-61(4)18-20-62)29-67-38-12-13-43(68-27-37-15-16-56-50(60-37)34-9-14-45(57-25-34)69-30-40-28-65-21-22-66-40)35(23-38)24-44(53(63)64)71-51-47-46(41)49(72-52(47)59-31-58-51)33-7-10-36(55)11-8-33/h2,7-16,23,25,31,39-40,44H,5,17-22,24,26-30H2,1,3-4H3,(H,63,64)/b41-32+,48-42-/t39-,40-,44-/m1/s1. The van der Waals surface area contributed by atoms with E-state index >= 15 is 0 Å². The molecule has 9 rings (SSSR count). The second-order valence-corrected chi connectivity index (χ2v) is 18.8. The van der Waals surface area contributed by atoms with Gasteiger partial charge in [-0.15, -0.1) is 17.8 Å². The van der Waals surface area contributed by atoms with Gasteiger partial charge in [-0.05, 0) is 85.5 Å². The molecule has 2 fully saturated rings. The van der Waals surface area contributed by atoms with E-state index in [1.165, 1.54) is 29.8 Å². The maximum absolute atomic E-state index is 14.4. The van der Waals surface area contributed by atoms with E-state index in [4.69, 9.17) is 56.2 Å². The topological polar surface area (TPSA) is 173 Å². The van der Waals surface area contributed by atoms with E-state index in [-0.39, 0.29) is 42.4 Å². The number of carboxylic acids is 1. The number of aromatic nitrogens is 5. The van der Waals surface area contributed by atoms with Gasteiger partial charge in [-0.25, -0.2) is 34.1 Å². The smallest absolute Gasteiger partial charge is 0.345 e.